The Balaban J connectivity index is 1.61. The highest BCUT2D eigenvalue weighted by molar-refractivity contribution is 5.88. The fraction of sp³-hybridized carbons (Fsp3) is 0.450. The van der Waals surface area contributed by atoms with Crippen LogP contribution in [0.2, 0.25) is 0 Å². The SMILES string of the molecule is CCOc1ccc(F)c(-c2ccnc(C3CCC4(CCN(C)C4=O)N3)n2)c1. The normalized spacial score (nSPS) is 24.8. The molecular formula is C20H23FN4O2. The predicted molar refractivity (Wildman–Crippen MR) is 98.7 cm³/mol. The van der Waals surface area contributed by atoms with Gasteiger partial charge in [-0.05, 0) is 50.5 Å². The van der Waals surface area contributed by atoms with E-state index in [9.17, 15) is 9.18 Å². The first-order valence-electron chi connectivity index (χ1n) is 9.31. The van der Waals surface area contributed by atoms with Gasteiger partial charge in [-0.15, -0.1) is 0 Å². The van der Waals surface area contributed by atoms with E-state index in [2.05, 4.69) is 15.3 Å². The molecule has 6 nitrogen and oxygen atoms in total. The maximum absolute atomic E-state index is 14.4. The van der Waals surface area contributed by atoms with Crippen LogP contribution in [0.1, 0.15) is 38.1 Å². The number of aromatic nitrogens is 2. The molecule has 2 aliphatic rings. The van der Waals surface area contributed by atoms with E-state index in [-0.39, 0.29) is 17.8 Å². The molecule has 1 aromatic carbocycles. The molecule has 2 unspecified atom stereocenters. The summed E-state index contributed by atoms with van der Waals surface area (Å²) in [5.41, 5.74) is 0.393. The van der Waals surface area contributed by atoms with Gasteiger partial charge in [-0.1, -0.05) is 0 Å². The fourth-order valence-electron chi connectivity index (χ4n) is 4.01. The van der Waals surface area contributed by atoms with Crippen molar-refractivity contribution >= 4 is 5.91 Å². The van der Waals surface area contributed by atoms with Crippen molar-refractivity contribution in [3.63, 3.8) is 0 Å². The minimum Gasteiger partial charge on any atom is -0.494 e. The topological polar surface area (TPSA) is 67.3 Å². The van der Waals surface area contributed by atoms with E-state index < -0.39 is 5.54 Å². The predicted octanol–water partition coefficient (Wildman–Crippen LogP) is 2.71. The van der Waals surface area contributed by atoms with Crippen molar-refractivity contribution in [3.8, 4) is 17.0 Å². The van der Waals surface area contributed by atoms with Gasteiger partial charge in [0.15, 0.2) is 0 Å². The monoisotopic (exact) mass is 370 g/mol. The Bertz CT molecular complexity index is 875. The first-order chi connectivity index (χ1) is 13.0. The van der Waals surface area contributed by atoms with E-state index in [4.69, 9.17) is 4.74 Å². The summed E-state index contributed by atoms with van der Waals surface area (Å²) >= 11 is 0. The summed E-state index contributed by atoms with van der Waals surface area (Å²) in [4.78, 5) is 23.2. The molecule has 1 amide bonds. The molecule has 2 aliphatic heterocycles. The second-order valence-corrected chi connectivity index (χ2v) is 7.17. The number of rotatable bonds is 4. The fourth-order valence-corrected chi connectivity index (χ4v) is 4.01. The molecule has 27 heavy (non-hydrogen) atoms. The van der Waals surface area contributed by atoms with Gasteiger partial charge in [0.25, 0.3) is 0 Å². The highest BCUT2D eigenvalue weighted by atomic mass is 19.1. The molecule has 0 aliphatic carbocycles. The van der Waals surface area contributed by atoms with Gasteiger partial charge in [-0.25, -0.2) is 14.4 Å². The van der Waals surface area contributed by atoms with Crippen molar-refractivity contribution in [3.05, 3.63) is 42.1 Å². The van der Waals surface area contributed by atoms with E-state index in [1.165, 1.54) is 6.07 Å². The van der Waals surface area contributed by atoms with Crippen molar-refractivity contribution in [1.82, 2.24) is 20.2 Å². The molecule has 7 heteroatoms. The molecule has 2 saturated heterocycles. The number of benzene rings is 1. The molecule has 0 radical (unpaired) electrons. The molecule has 2 atom stereocenters. The number of carbonyl (C=O) groups excluding carboxylic acids is 1. The molecule has 0 bridgehead atoms. The van der Waals surface area contributed by atoms with Crippen LogP contribution in [0.3, 0.4) is 0 Å². The first kappa shape index (κ1) is 17.9. The van der Waals surface area contributed by atoms with Crippen LogP contribution < -0.4 is 10.1 Å². The Morgan fingerprint density at radius 1 is 1.37 bits per heavy atom. The Kier molecular flexibility index (Phi) is 4.55. The van der Waals surface area contributed by atoms with Crippen LogP contribution in [-0.2, 0) is 4.79 Å². The van der Waals surface area contributed by atoms with Gasteiger partial charge in [0, 0.05) is 25.4 Å². The van der Waals surface area contributed by atoms with Gasteiger partial charge in [0.2, 0.25) is 5.91 Å². The van der Waals surface area contributed by atoms with E-state index >= 15 is 0 Å². The number of carbonyl (C=O) groups is 1. The van der Waals surface area contributed by atoms with E-state index in [0.29, 0.717) is 29.4 Å². The summed E-state index contributed by atoms with van der Waals surface area (Å²) in [5, 5.41) is 3.45. The van der Waals surface area contributed by atoms with Crippen LogP contribution in [0.5, 0.6) is 5.75 Å². The summed E-state index contributed by atoms with van der Waals surface area (Å²) in [5.74, 6) is 0.975. The summed E-state index contributed by atoms with van der Waals surface area (Å²) in [6.45, 7) is 3.15. The van der Waals surface area contributed by atoms with E-state index in [1.807, 2.05) is 14.0 Å². The van der Waals surface area contributed by atoms with Crippen LogP contribution in [0.4, 0.5) is 4.39 Å². The van der Waals surface area contributed by atoms with Crippen molar-refractivity contribution in [2.75, 3.05) is 20.2 Å². The number of nitrogens with zero attached hydrogens (tertiary/aromatic N) is 3. The average Bonchev–Trinajstić information content (AvgIpc) is 3.24. The molecular weight excluding hydrogens is 347 g/mol. The summed E-state index contributed by atoms with van der Waals surface area (Å²) in [6.07, 6.45) is 3.98. The molecule has 3 heterocycles. The lowest BCUT2D eigenvalue weighted by atomic mass is 9.96. The van der Waals surface area contributed by atoms with Crippen LogP contribution in [0.15, 0.2) is 30.5 Å². The van der Waals surface area contributed by atoms with Crippen molar-refractivity contribution in [1.29, 1.82) is 0 Å². The maximum atomic E-state index is 14.4. The van der Waals surface area contributed by atoms with Crippen molar-refractivity contribution in [2.24, 2.45) is 0 Å². The summed E-state index contributed by atoms with van der Waals surface area (Å²) in [7, 11) is 1.83. The zero-order valence-corrected chi connectivity index (χ0v) is 15.5. The number of hydrogen-bond donors (Lipinski definition) is 1. The number of hydrogen-bond acceptors (Lipinski definition) is 5. The van der Waals surface area contributed by atoms with E-state index in [1.54, 1.807) is 29.3 Å². The molecule has 1 spiro atoms. The number of ether oxygens (including phenoxy) is 1. The van der Waals surface area contributed by atoms with Crippen LogP contribution in [0.25, 0.3) is 11.3 Å². The minimum atomic E-state index is -0.501. The molecule has 2 fully saturated rings. The minimum absolute atomic E-state index is 0.112. The van der Waals surface area contributed by atoms with Gasteiger partial charge in [-0.3, -0.25) is 10.1 Å². The smallest absolute Gasteiger partial charge is 0.242 e. The molecule has 2 aromatic rings. The summed E-state index contributed by atoms with van der Waals surface area (Å²) < 4.78 is 19.8. The largest absolute Gasteiger partial charge is 0.494 e. The lowest BCUT2D eigenvalue weighted by molar-refractivity contribution is -0.131. The third-order valence-electron chi connectivity index (χ3n) is 5.45. The van der Waals surface area contributed by atoms with Crippen molar-refractivity contribution < 1.29 is 13.9 Å². The molecule has 0 saturated carbocycles. The second-order valence-electron chi connectivity index (χ2n) is 7.17. The number of nitrogens with one attached hydrogen (secondary N) is 1. The first-order valence-corrected chi connectivity index (χ1v) is 9.31. The molecule has 4 rings (SSSR count). The van der Waals surface area contributed by atoms with Gasteiger partial charge >= 0.3 is 0 Å². The average molecular weight is 370 g/mol. The number of amides is 1. The Morgan fingerprint density at radius 3 is 2.96 bits per heavy atom. The van der Waals surface area contributed by atoms with Crippen LogP contribution in [-0.4, -0.2) is 46.5 Å². The van der Waals surface area contributed by atoms with E-state index in [0.717, 1.165) is 25.8 Å². The molecule has 1 aromatic heterocycles. The van der Waals surface area contributed by atoms with Crippen LogP contribution >= 0.6 is 0 Å². The Morgan fingerprint density at radius 2 is 2.22 bits per heavy atom. The Labute approximate surface area is 157 Å². The quantitative estimate of drug-likeness (QED) is 0.896. The standard InChI is InChI=1S/C20H23FN4O2/c1-3-27-13-4-5-15(21)14(12-13)16-7-10-22-18(23-16)17-6-8-20(24-17)9-11-25(2)19(20)26/h4-5,7,10,12,17,24H,3,6,8-9,11H2,1-2H3. The maximum Gasteiger partial charge on any atom is 0.242 e. The summed E-state index contributed by atoms with van der Waals surface area (Å²) in [6, 6.07) is 6.23. The second kappa shape index (κ2) is 6.88. The lowest BCUT2D eigenvalue weighted by Gasteiger charge is -2.23. The van der Waals surface area contributed by atoms with Crippen molar-refractivity contribution in [2.45, 2.75) is 37.8 Å². The van der Waals surface area contributed by atoms with Gasteiger partial charge < -0.3 is 9.64 Å². The Hall–Kier alpha value is -2.54. The van der Waals surface area contributed by atoms with Gasteiger partial charge in [-0.2, -0.15) is 0 Å². The number of likely N-dealkylation sites (N-methyl/N-ethyl adjacent to an activating group) is 1. The van der Waals surface area contributed by atoms with Gasteiger partial charge in [0.1, 0.15) is 22.9 Å². The number of likely N-dealkylation sites (tertiary alicyclic amines) is 1. The highest BCUT2D eigenvalue weighted by Crippen LogP contribution is 2.38. The third kappa shape index (κ3) is 3.16. The third-order valence-corrected chi connectivity index (χ3v) is 5.45. The lowest BCUT2D eigenvalue weighted by Crippen LogP contribution is -2.47. The highest BCUT2D eigenvalue weighted by Gasteiger charge is 2.50. The molecule has 142 valence electrons. The molecule has 1 N–H and O–H groups in total. The van der Waals surface area contributed by atoms with Crippen LogP contribution in [0, 0.1) is 5.82 Å². The zero-order valence-electron chi connectivity index (χ0n) is 15.5. The zero-order chi connectivity index (χ0) is 19.0. The number of halogens is 1. The van der Waals surface area contributed by atoms with Gasteiger partial charge in [0.05, 0.1) is 18.3 Å².